The molecule has 1 amide bonds. The molecule has 0 aliphatic carbocycles. The van der Waals surface area contributed by atoms with E-state index in [0.717, 1.165) is 11.1 Å². The van der Waals surface area contributed by atoms with Gasteiger partial charge in [0.25, 0.3) is 10.2 Å². The first-order valence-corrected chi connectivity index (χ1v) is 10.6. The lowest BCUT2D eigenvalue weighted by Gasteiger charge is -2.34. The average molecular weight is 382 g/mol. The van der Waals surface area contributed by atoms with Crippen LogP contribution in [0.1, 0.15) is 43.9 Å². The van der Waals surface area contributed by atoms with Gasteiger partial charge < -0.3 is 5.32 Å². The minimum atomic E-state index is -3.48. The summed E-state index contributed by atoms with van der Waals surface area (Å²) in [6.07, 6.45) is 1.41. The lowest BCUT2D eigenvalue weighted by atomic mass is 9.91. The third kappa shape index (κ3) is 4.64. The van der Waals surface area contributed by atoms with E-state index >= 15 is 0 Å². The van der Waals surface area contributed by atoms with Gasteiger partial charge in [-0.25, -0.2) is 0 Å². The summed E-state index contributed by atoms with van der Waals surface area (Å²) in [7, 11) is -0.444. The Morgan fingerprint density at radius 1 is 1.27 bits per heavy atom. The number of benzene rings is 1. The first-order valence-electron chi connectivity index (χ1n) is 9.18. The largest absolute Gasteiger partial charge is 0.349 e. The predicted molar refractivity (Wildman–Crippen MR) is 104 cm³/mol. The van der Waals surface area contributed by atoms with Gasteiger partial charge in [0.05, 0.1) is 12.0 Å². The number of rotatable bonds is 6. The maximum Gasteiger partial charge on any atom is 0.281 e. The first kappa shape index (κ1) is 20.9. The first-order chi connectivity index (χ1) is 12.1. The van der Waals surface area contributed by atoms with Gasteiger partial charge in [-0.05, 0) is 36.8 Å². The van der Waals surface area contributed by atoms with E-state index in [1.165, 1.54) is 22.7 Å². The molecular weight excluding hydrogens is 350 g/mol. The molecule has 0 unspecified atom stereocenters. The van der Waals surface area contributed by atoms with Crippen LogP contribution in [0.5, 0.6) is 0 Å². The number of hydrogen-bond donors (Lipinski definition) is 1. The molecule has 0 bridgehead atoms. The van der Waals surface area contributed by atoms with Crippen LogP contribution >= 0.6 is 0 Å². The summed E-state index contributed by atoms with van der Waals surface area (Å²) in [6.45, 7) is 6.92. The molecule has 1 aliphatic rings. The van der Waals surface area contributed by atoms with Gasteiger partial charge in [0, 0.05) is 27.2 Å². The van der Waals surface area contributed by atoms with Crippen LogP contribution < -0.4 is 5.32 Å². The van der Waals surface area contributed by atoms with Gasteiger partial charge >= 0.3 is 0 Å². The molecule has 7 heteroatoms. The molecule has 0 radical (unpaired) electrons. The molecule has 2 atom stereocenters. The second kappa shape index (κ2) is 8.50. The van der Waals surface area contributed by atoms with Gasteiger partial charge in [0.2, 0.25) is 5.91 Å². The van der Waals surface area contributed by atoms with Crippen molar-refractivity contribution in [1.82, 2.24) is 13.9 Å². The number of carbonyl (C=O) groups is 1. The number of hydrogen-bond acceptors (Lipinski definition) is 3. The normalized spacial score (nSPS) is 20.3. The smallest absolute Gasteiger partial charge is 0.281 e. The number of amides is 1. The zero-order chi connectivity index (χ0) is 19.5. The van der Waals surface area contributed by atoms with E-state index < -0.39 is 10.2 Å². The van der Waals surface area contributed by atoms with Crippen molar-refractivity contribution < 1.29 is 13.2 Å². The third-order valence-electron chi connectivity index (χ3n) is 5.03. The van der Waals surface area contributed by atoms with Gasteiger partial charge in [0.1, 0.15) is 0 Å². The van der Waals surface area contributed by atoms with Crippen LogP contribution in [0.4, 0.5) is 0 Å². The van der Waals surface area contributed by atoms with Crippen LogP contribution in [0, 0.1) is 18.8 Å². The molecule has 2 rings (SSSR count). The Hall–Kier alpha value is -1.44. The monoisotopic (exact) mass is 381 g/mol. The lowest BCUT2D eigenvalue weighted by Crippen LogP contribution is -2.49. The molecule has 0 aromatic heterocycles. The Labute approximate surface area is 157 Å². The highest BCUT2D eigenvalue weighted by Crippen LogP contribution is 2.27. The summed E-state index contributed by atoms with van der Waals surface area (Å²) in [4.78, 5) is 12.9. The minimum Gasteiger partial charge on any atom is -0.349 e. The summed E-state index contributed by atoms with van der Waals surface area (Å²) in [5, 5.41) is 3.17. The predicted octanol–water partition coefficient (Wildman–Crippen LogP) is 2.33. The zero-order valence-corrected chi connectivity index (χ0v) is 17.2. The van der Waals surface area contributed by atoms with Gasteiger partial charge in [-0.2, -0.15) is 17.0 Å². The highest BCUT2D eigenvalue weighted by molar-refractivity contribution is 7.86. The molecule has 26 heavy (non-hydrogen) atoms. The maximum atomic E-state index is 12.9. The fraction of sp³-hybridized carbons (Fsp3) is 0.632. The van der Waals surface area contributed by atoms with E-state index in [1.54, 1.807) is 0 Å². The van der Waals surface area contributed by atoms with Crippen LogP contribution in [0.3, 0.4) is 0 Å². The van der Waals surface area contributed by atoms with Crippen molar-refractivity contribution in [1.29, 1.82) is 0 Å². The molecule has 1 fully saturated rings. The highest BCUT2D eigenvalue weighted by Gasteiger charge is 2.34. The Morgan fingerprint density at radius 2 is 1.92 bits per heavy atom. The summed E-state index contributed by atoms with van der Waals surface area (Å²) < 4.78 is 27.4. The van der Waals surface area contributed by atoms with Gasteiger partial charge in [0.15, 0.2) is 0 Å². The average Bonchev–Trinajstić information content (AvgIpc) is 2.60. The van der Waals surface area contributed by atoms with E-state index in [0.29, 0.717) is 19.4 Å². The van der Waals surface area contributed by atoms with Crippen LogP contribution in [-0.2, 0) is 15.0 Å². The van der Waals surface area contributed by atoms with Crippen molar-refractivity contribution in [2.24, 2.45) is 11.8 Å². The van der Waals surface area contributed by atoms with Crippen molar-refractivity contribution in [3.63, 3.8) is 0 Å². The minimum absolute atomic E-state index is 0.0643. The summed E-state index contributed by atoms with van der Waals surface area (Å²) in [5.41, 5.74) is 2.26. The summed E-state index contributed by atoms with van der Waals surface area (Å²) in [6, 6.07) is 7.98. The third-order valence-corrected chi connectivity index (χ3v) is 6.94. The number of piperidine rings is 1. The molecular formula is C19H31N3O3S. The number of aryl methyl sites for hydroxylation is 1. The molecule has 1 saturated heterocycles. The molecule has 1 aliphatic heterocycles. The molecule has 1 heterocycles. The molecule has 1 N–H and O–H groups in total. The molecule has 146 valence electrons. The second-order valence-corrected chi connectivity index (χ2v) is 9.72. The van der Waals surface area contributed by atoms with Crippen LogP contribution in [0.2, 0.25) is 0 Å². The van der Waals surface area contributed by atoms with Crippen molar-refractivity contribution in [2.75, 3.05) is 27.2 Å². The van der Waals surface area contributed by atoms with E-state index in [1.807, 2.05) is 31.2 Å². The quantitative estimate of drug-likeness (QED) is 0.822. The van der Waals surface area contributed by atoms with E-state index in [2.05, 4.69) is 19.2 Å². The second-order valence-electron chi connectivity index (χ2n) is 7.57. The lowest BCUT2D eigenvalue weighted by molar-refractivity contribution is -0.127. The topological polar surface area (TPSA) is 69.7 Å². The SMILES string of the molecule is Cc1ccccc1[C@@H](NC(=O)[C@@H]1CCCN(S(=O)(=O)N(C)C)C1)C(C)C. The molecule has 0 saturated carbocycles. The van der Waals surface area contributed by atoms with E-state index in [9.17, 15) is 13.2 Å². The summed E-state index contributed by atoms with van der Waals surface area (Å²) in [5.74, 6) is -0.139. The van der Waals surface area contributed by atoms with E-state index in [4.69, 9.17) is 0 Å². The van der Waals surface area contributed by atoms with Gasteiger partial charge in [-0.15, -0.1) is 0 Å². The van der Waals surface area contributed by atoms with Crippen LogP contribution in [0.15, 0.2) is 24.3 Å². The van der Waals surface area contributed by atoms with Crippen molar-refractivity contribution in [3.05, 3.63) is 35.4 Å². The van der Waals surface area contributed by atoms with Gasteiger partial charge in [-0.1, -0.05) is 38.1 Å². The fourth-order valence-corrected chi connectivity index (χ4v) is 4.60. The highest BCUT2D eigenvalue weighted by atomic mass is 32.2. The summed E-state index contributed by atoms with van der Waals surface area (Å²) >= 11 is 0. The van der Waals surface area contributed by atoms with Crippen molar-refractivity contribution >= 4 is 16.1 Å². The van der Waals surface area contributed by atoms with Crippen molar-refractivity contribution in [2.45, 2.75) is 39.7 Å². The van der Waals surface area contributed by atoms with Crippen molar-refractivity contribution in [3.8, 4) is 0 Å². The van der Waals surface area contributed by atoms with Crippen LogP contribution in [-0.4, -0.2) is 50.1 Å². The molecule has 0 spiro atoms. The maximum absolute atomic E-state index is 12.9. The van der Waals surface area contributed by atoms with Crippen LogP contribution in [0.25, 0.3) is 0 Å². The Balaban J connectivity index is 2.13. The Bertz CT molecular complexity index is 731. The van der Waals surface area contributed by atoms with E-state index in [-0.39, 0.29) is 30.3 Å². The molecule has 1 aromatic carbocycles. The fourth-order valence-electron chi connectivity index (χ4n) is 3.41. The number of nitrogens with zero attached hydrogens (tertiary/aromatic N) is 2. The zero-order valence-electron chi connectivity index (χ0n) is 16.4. The number of nitrogens with one attached hydrogen (secondary N) is 1. The molecule has 6 nitrogen and oxygen atoms in total. The molecule has 1 aromatic rings. The Kier molecular flexibility index (Phi) is 6.82. The standard InChI is InChI=1S/C19H31N3O3S/c1-14(2)18(17-11-7-6-9-15(17)3)20-19(23)16-10-8-12-22(13-16)26(24,25)21(4)5/h6-7,9,11,14,16,18H,8,10,12-13H2,1-5H3,(H,20,23)/t16-,18+/m1/s1. The van der Waals surface area contributed by atoms with Gasteiger partial charge in [-0.3, -0.25) is 4.79 Å². The number of carbonyl (C=O) groups excluding carboxylic acids is 1. The Morgan fingerprint density at radius 3 is 2.50 bits per heavy atom.